The molecule has 0 spiro atoms. The van der Waals surface area contributed by atoms with Gasteiger partial charge >= 0.3 is 0 Å². The molecule has 0 aliphatic heterocycles. The summed E-state index contributed by atoms with van der Waals surface area (Å²) < 4.78 is 0. The fourth-order valence-electron chi connectivity index (χ4n) is 0.938. The second-order valence-corrected chi connectivity index (χ2v) is 3.02. The molecule has 1 amide bonds. The van der Waals surface area contributed by atoms with Crippen LogP contribution >= 0.6 is 0 Å². The van der Waals surface area contributed by atoms with E-state index in [1.165, 1.54) is 6.42 Å². The van der Waals surface area contributed by atoms with Gasteiger partial charge in [0, 0.05) is 13.0 Å². The third-order valence-corrected chi connectivity index (χ3v) is 1.70. The molecule has 0 aromatic heterocycles. The van der Waals surface area contributed by atoms with E-state index < -0.39 is 0 Å². The number of amides is 1. The molecule has 0 rings (SSSR count). The summed E-state index contributed by atoms with van der Waals surface area (Å²) >= 11 is 0. The van der Waals surface area contributed by atoms with Crippen LogP contribution in [-0.2, 0) is 4.79 Å². The zero-order valence-electron chi connectivity index (χ0n) is 8.23. The van der Waals surface area contributed by atoms with Crippen LogP contribution in [-0.4, -0.2) is 5.91 Å². The van der Waals surface area contributed by atoms with E-state index in [1.807, 2.05) is 6.54 Å². The molecule has 0 atom stereocenters. The standard InChI is InChI=1S/C10H20NO/c1-3-5-7-8-10(12)11-9-6-4-2/h9H,3-8H2,1-2H3,(H,11,12). The van der Waals surface area contributed by atoms with Crippen LogP contribution in [0.4, 0.5) is 0 Å². The van der Waals surface area contributed by atoms with Crippen molar-refractivity contribution in [2.75, 3.05) is 0 Å². The number of nitrogens with one attached hydrogen (secondary N) is 1. The molecular formula is C10H20NO. The minimum Gasteiger partial charge on any atom is -0.351 e. The molecule has 71 valence electrons. The largest absolute Gasteiger partial charge is 0.351 e. The predicted molar refractivity (Wildman–Crippen MR) is 51.5 cm³/mol. The minimum absolute atomic E-state index is 0.164. The van der Waals surface area contributed by atoms with Gasteiger partial charge in [0.1, 0.15) is 0 Å². The summed E-state index contributed by atoms with van der Waals surface area (Å²) in [6, 6.07) is 0. The first-order chi connectivity index (χ1) is 5.81. The summed E-state index contributed by atoms with van der Waals surface area (Å²) in [5.41, 5.74) is 0. The van der Waals surface area contributed by atoms with Gasteiger partial charge in [0.25, 0.3) is 0 Å². The lowest BCUT2D eigenvalue weighted by Crippen LogP contribution is -2.19. The lowest BCUT2D eigenvalue weighted by Gasteiger charge is -2.02. The normalized spacial score (nSPS) is 9.83. The van der Waals surface area contributed by atoms with Gasteiger partial charge in [0.2, 0.25) is 5.91 Å². The van der Waals surface area contributed by atoms with Crippen LogP contribution in [0.25, 0.3) is 0 Å². The Labute approximate surface area is 75.7 Å². The molecule has 0 aromatic carbocycles. The third kappa shape index (κ3) is 7.58. The van der Waals surface area contributed by atoms with Gasteiger partial charge in [-0.1, -0.05) is 33.1 Å². The number of hydrogen-bond donors (Lipinski definition) is 1. The van der Waals surface area contributed by atoms with E-state index >= 15 is 0 Å². The highest BCUT2D eigenvalue weighted by molar-refractivity contribution is 5.76. The lowest BCUT2D eigenvalue weighted by molar-refractivity contribution is -0.120. The van der Waals surface area contributed by atoms with Gasteiger partial charge in [0.05, 0.1) is 0 Å². The van der Waals surface area contributed by atoms with Crippen molar-refractivity contribution in [2.45, 2.75) is 52.4 Å². The Morgan fingerprint density at radius 1 is 1.25 bits per heavy atom. The number of rotatable bonds is 7. The fraction of sp³-hybridized carbons (Fsp3) is 0.800. The molecule has 0 saturated heterocycles. The summed E-state index contributed by atoms with van der Waals surface area (Å²) in [6.07, 6.45) is 6.08. The van der Waals surface area contributed by atoms with Crippen molar-refractivity contribution < 1.29 is 4.79 Å². The first-order valence-corrected chi connectivity index (χ1v) is 4.92. The topological polar surface area (TPSA) is 29.1 Å². The quantitative estimate of drug-likeness (QED) is 0.585. The second kappa shape index (κ2) is 8.57. The maximum absolute atomic E-state index is 11.1. The van der Waals surface area contributed by atoms with E-state index in [0.717, 1.165) is 25.7 Å². The lowest BCUT2D eigenvalue weighted by atomic mass is 10.2. The summed E-state index contributed by atoms with van der Waals surface area (Å²) in [5.74, 6) is 0.164. The van der Waals surface area contributed by atoms with E-state index in [0.29, 0.717) is 6.42 Å². The van der Waals surface area contributed by atoms with Crippen molar-refractivity contribution in [1.29, 1.82) is 0 Å². The Kier molecular flexibility index (Phi) is 8.19. The van der Waals surface area contributed by atoms with Crippen LogP contribution in [0.1, 0.15) is 52.4 Å². The summed E-state index contributed by atoms with van der Waals surface area (Å²) in [7, 11) is 0. The van der Waals surface area contributed by atoms with Crippen molar-refractivity contribution in [3.63, 3.8) is 0 Å². The van der Waals surface area contributed by atoms with Crippen LogP contribution in [0.15, 0.2) is 0 Å². The van der Waals surface area contributed by atoms with Gasteiger partial charge in [-0.2, -0.15) is 0 Å². The third-order valence-electron chi connectivity index (χ3n) is 1.70. The van der Waals surface area contributed by atoms with Crippen molar-refractivity contribution in [3.05, 3.63) is 6.54 Å². The molecule has 0 bridgehead atoms. The van der Waals surface area contributed by atoms with Gasteiger partial charge in [-0.05, 0) is 12.8 Å². The number of hydrogen-bond acceptors (Lipinski definition) is 1. The molecule has 1 radical (unpaired) electrons. The first-order valence-electron chi connectivity index (χ1n) is 4.92. The number of unbranched alkanes of at least 4 members (excludes halogenated alkanes) is 3. The molecule has 1 N–H and O–H groups in total. The van der Waals surface area contributed by atoms with Gasteiger partial charge in [-0.15, -0.1) is 0 Å². The summed E-state index contributed by atoms with van der Waals surface area (Å²) in [5, 5.41) is 2.78. The highest BCUT2D eigenvalue weighted by Crippen LogP contribution is 1.98. The summed E-state index contributed by atoms with van der Waals surface area (Å²) in [4.78, 5) is 11.1. The molecular weight excluding hydrogens is 150 g/mol. The van der Waals surface area contributed by atoms with Crippen LogP contribution in [0.5, 0.6) is 0 Å². The molecule has 2 heteroatoms. The SMILES string of the molecule is CCC[CH]NC(=O)CCCCC. The van der Waals surface area contributed by atoms with E-state index in [9.17, 15) is 4.79 Å². The van der Waals surface area contributed by atoms with Crippen LogP contribution in [0.3, 0.4) is 0 Å². The highest BCUT2D eigenvalue weighted by Gasteiger charge is 1.98. The maximum Gasteiger partial charge on any atom is 0.220 e. The molecule has 0 aliphatic carbocycles. The van der Waals surface area contributed by atoms with Gasteiger partial charge in [-0.3, -0.25) is 4.79 Å². The predicted octanol–water partition coefficient (Wildman–Crippen LogP) is 2.64. The Bertz CT molecular complexity index is 100. The molecule has 0 heterocycles. The average molecular weight is 170 g/mol. The fourth-order valence-corrected chi connectivity index (χ4v) is 0.938. The molecule has 0 saturated carbocycles. The first kappa shape index (κ1) is 11.5. The van der Waals surface area contributed by atoms with Crippen LogP contribution < -0.4 is 5.32 Å². The summed E-state index contributed by atoms with van der Waals surface area (Å²) in [6.45, 7) is 6.09. The molecule has 12 heavy (non-hydrogen) atoms. The minimum atomic E-state index is 0.164. The van der Waals surface area contributed by atoms with Gasteiger partial charge in [0.15, 0.2) is 0 Å². The number of carbonyl (C=O) groups is 1. The van der Waals surface area contributed by atoms with Crippen molar-refractivity contribution >= 4 is 5.91 Å². The number of carbonyl (C=O) groups excluding carboxylic acids is 1. The smallest absolute Gasteiger partial charge is 0.220 e. The van der Waals surface area contributed by atoms with E-state index in [1.54, 1.807) is 0 Å². The zero-order chi connectivity index (χ0) is 9.23. The average Bonchev–Trinajstić information content (AvgIpc) is 2.06. The molecule has 0 unspecified atom stereocenters. The highest BCUT2D eigenvalue weighted by atomic mass is 16.1. The second-order valence-electron chi connectivity index (χ2n) is 3.02. The van der Waals surface area contributed by atoms with E-state index in [-0.39, 0.29) is 5.91 Å². The molecule has 0 aromatic rings. The van der Waals surface area contributed by atoms with Crippen LogP contribution in [0.2, 0.25) is 0 Å². The van der Waals surface area contributed by atoms with Crippen molar-refractivity contribution in [1.82, 2.24) is 5.32 Å². The Hall–Kier alpha value is -0.530. The monoisotopic (exact) mass is 170 g/mol. The Balaban J connectivity index is 3.10. The van der Waals surface area contributed by atoms with Gasteiger partial charge < -0.3 is 5.32 Å². The molecule has 2 nitrogen and oxygen atoms in total. The van der Waals surface area contributed by atoms with E-state index in [2.05, 4.69) is 19.2 Å². The maximum atomic E-state index is 11.1. The molecule has 0 aliphatic rings. The van der Waals surface area contributed by atoms with E-state index in [4.69, 9.17) is 0 Å². The Morgan fingerprint density at radius 3 is 2.58 bits per heavy atom. The molecule has 0 fully saturated rings. The Morgan fingerprint density at radius 2 is 2.00 bits per heavy atom. The van der Waals surface area contributed by atoms with Gasteiger partial charge in [-0.25, -0.2) is 0 Å². The van der Waals surface area contributed by atoms with Crippen molar-refractivity contribution in [2.24, 2.45) is 0 Å². The van der Waals surface area contributed by atoms with Crippen LogP contribution in [0, 0.1) is 6.54 Å². The zero-order valence-corrected chi connectivity index (χ0v) is 8.23. The van der Waals surface area contributed by atoms with Crippen molar-refractivity contribution in [3.8, 4) is 0 Å².